The van der Waals surface area contributed by atoms with E-state index in [0.29, 0.717) is 31.8 Å². The van der Waals surface area contributed by atoms with Crippen molar-refractivity contribution in [1.29, 1.82) is 0 Å². The molecule has 0 amide bonds. The molecule has 0 fully saturated rings. The van der Waals surface area contributed by atoms with Gasteiger partial charge in [-0.3, -0.25) is 4.79 Å². The highest BCUT2D eigenvalue weighted by Gasteiger charge is 2.10. The van der Waals surface area contributed by atoms with Crippen LogP contribution in [0.15, 0.2) is 42.5 Å². The standard InChI is InChI=1S/C24H32O4/c1-4-7-17-27-22-15-11-20(18-23(22)26-6-3)12-16-24(25)28-21-13-9-19(8-5-2)10-14-21/h9-11,13-15,18H,4-8,12,16-17H2,1-3H3. The van der Waals surface area contributed by atoms with Crippen LogP contribution in [0.2, 0.25) is 0 Å². The van der Waals surface area contributed by atoms with Crippen LogP contribution in [0.25, 0.3) is 0 Å². The monoisotopic (exact) mass is 384 g/mol. The largest absolute Gasteiger partial charge is 0.490 e. The Morgan fingerprint density at radius 2 is 1.57 bits per heavy atom. The van der Waals surface area contributed by atoms with Crippen LogP contribution in [-0.4, -0.2) is 19.2 Å². The summed E-state index contributed by atoms with van der Waals surface area (Å²) < 4.78 is 16.9. The molecule has 0 spiro atoms. The lowest BCUT2D eigenvalue weighted by Crippen LogP contribution is -2.09. The van der Waals surface area contributed by atoms with Gasteiger partial charge in [-0.15, -0.1) is 0 Å². The normalized spacial score (nSPS) is 10.5. The maximum Gasteiger partial charge on any atom is 0.311 e. The summed E-state index contributed by atoms with van der Waals surface area (Å²) in [6.45, 7) is 7.48. The Hall–Kier alpha value is -2.49. The number of hydrogen-bond acceptors (Lipinski definition) is 4. The summed E-state index contributed by atoms with van der Waals surface area (Å²) in [4.78, 5) is 12.2. The lowest BCUT2D eigenvalue weighted by Gasteiger charge is -2.13. The summed E-state index contributed by atoms with van der Waals surface area (Å²) >= 11 is 0. The van der Waals surface area contributed by atoms with Crippen molar-refractivity contribution in [2.75, 3.05) is 13.2 Å². The Kier molecular flexibility index (Phi) is 9.40. The SMILES string of the molecule is CCCCOc1ccc(CCC(=O)Oc2ccc(CCC)cc2)cc1OCC. The average molecular weight is 385 g/mol. The zero-order valence-electron chi connectivity index (χ0n) is 17.3. The minimum atomic E-state index is -0.232. The Morgan fingerprint density at radius 1 is 0.821 bits per heavy atom. The maximum absolute atomic E-state index is 12.2. The fraction of sp³-hybridized carbons (Fsp3) is 0.458. The van der Waals surface area contributed by atoms with Crippen molar-refractivity contribution < 1.29 is 19.0 Å². The number of aryl methyl sites for hydroxylation is 2. The second-order valence-corrected chi connectivity index (χ2v) is 6.78. The van der Waals surface area contributed by atoms with E-state index < -0.39 is 0 Å². The van der Waals surface area contributed by atoms with Gasteiger partial charge in [0.15, 0.2) is 11.5 Å². The number of rotatable bonds is 12. The molecule has 0 saturated carbocycles. The number of carbonyl (C=O) groups excluding carboxylic acids is 1. The van der Waals surface area contributed by atoms with Gasteiger partial charge in [0.25, 0.3) is 0 Å². The minimum Gasteiger partial charge on any atom is -0.490 e. The summed E-state index contributed by atoms with van der Waals surface area (Å²) in [6.07, 6.45) is 5.16. The third kappa shape index (κ3) is 7.26. The molecule has 2 rings (SSSR count). The molecule has 0 unspecified atom stereocenters. The van der Waals surface area contributed by atoms with Gasteiger partial charge in [0.05, 0.1) is 13.2 Å². The molecule has 0 heterocycles. The van der Waals surface area contributed by atoms with Crippen molar-refractivity contribution >= 4 is 5.97 Å². The van der Waals surface area contributed by atoms with E-state index in [-0.39, 0.29) is 5.97 Å². The van der Waals surface area contributed by atoms with E-state index in [4.69, 9.17) is 14.2 Å². The van der Waals surface area contributed by atoms with Gasteiger partial charge < -0.3 is 14.2 Å². The molecule has 0 aliphatic heterocycles. The van der Waals surface area contributed by atoms with Crippen molar-refractivity contribution in [3.05, 3.63) is 53.6 Å². The van der Waals surface area contributed by atoms with Crippen LogP contribution in [-0.2, 0) is 17.6 Å². The molecule has 0 saturated heterocycles. The second-order valence-electron chi connectivity index (χ2n) is 6.78. The third-order valence-corrected chi connectivity index (χ3v) is 4.37. The van der Waals surface area contributed by atoms with Gasteiger partial charge in [-0.05, 0) is 61.6 Å². The van der Waals surface area contributed by atoms with Crippen molar-refractivity contribution in [1.82, 2.24) is 0 Å². The van der Waals surface area contributed by atoms with E-state index in [9.17, 15) is 4.79 Å². The van der Waals surface area contributed by atoms with Crippen LogP contribution in [0.3, 0.4) is 0 Å². The lowest BCUT2D eigenvalue weighted by atomic mass is 10.1. The van der Waals surface area contributed by atoms with Crippen LogP contribution >= 0.6 is 0 Å². The summed E-state index contributed by atoms with van der Waals surface area (Å²) in [5.74, 6) is 1.86. The Morgan fingerprint density at radius 3 is 2.25 bits per heavy atom. The molecule has 0 N–H and O–H groups in total. The van der Waals surface area contributed by atoms with E-state index in [2.05, 4.69) is 13.8 Å². The highest BCUT2D eigenvalue weighted by molar-refractivity contribution is 5.72. The van der Waals surface area contributed by atoms with E-state index in [1.54, 1.807) is 0 Å². The second kappa shape index (κ2) is 12.1. The van der Waals surface area contributed by atoms with Gasteiger partial charge in [0.2, 0.25) is 0 Å². The molecule has 0 radical (unpaired) electrons. The predicted octanol–water partition coefficient (Wildman–Crippen LogP) is 5.75. The number of unbranched alkanes of at least 4 members (excludes halogenated alkanes) is 1. The number of benzene rings is 2. The highest BCUT2D eigenvalue weighted by Crippen LogP contribution is 2.29. The highest BCUT2D eigenvalue weighted by atomic mass is 16.5. The first-order chi connectivity index (χ1) is 13.7. The van der Waals surface area contributed by atoms with Crippen LogP contribution in [0.1, 0.15) is 57.6 Å². The van der Waals surface area contributed by atoms with Crippen molar-refractivity contribution in [2.45, 2.75) is 59.3 Å². The molecule has 0 aromatic heterocycles. The molecule has 0 aliphatic rings. The average Bonchev–Trinajstić information content (AvgIpc) is 2.70. The molecular weight excluding hydrogens is 352 g/mol. The zero-order chi connectivity index (χ0) is 20.2. The first-order valence-corrected chi connectivity index (χ1v) is 10.3. The third-order valence-electron chi connectivity index (χ3n) is 4.37. The molecule has 0 bridgehead atoms. The summed E-state index contributed by atoms with van der Waals surface area (Å²) in [5, 5.41) is 0. The van der Waals surface area contributed by atoms with Gasteiger partial charge >= 0.3 is 5.97 Å². The molecule has 2 aromatic rings. The van der Waals surface area contributed by atoms with Gasteiger partial charge in [0.1, 0.15) is 5.75 Å². The van der Waals surface area contributed by atoms with E-state index in [1.807, 2.05) is 49.4 Å². The lowest BCUT2D eigenvalue weighted by molar-refractivity contribution is -0.134. The smallest absolute Gasteiger partial charge is 0.311 e. The van der Waals surface area contributed by atoms with E-state index in [0.717, 1.165) is 42.7 Å². The quantitative estimate of drug-likeness (QED) is 0.265. The fourth-order valence-corrected chi connectivity index (χ4v) is 2.86. The van der Waals surface area contributed by atoms with Gasteiger partial charge in [-0.1, -0.05) is 44.9 Å². The number of hydrogen-bond donors (Lipinski definition) is 0. The number of ether oxygens (including phenoxy) is 3. The van der Waals surface area contributed by atoms with Crippen molar-refractivity contribution in [2.24, 2.45) is 0 Å². The molecule has 0 atom stereocenters. The first-order valence-electron chi connectivity index (χ1n) is 10.3. The molecule has 0 aliphatic carbocycles. The number of esters is 1. The van der Waals surface area contributed by atoms with Gasteiger partial charge in [-0.25, -0.2) is 0 Å². The molecule has 2 aromatic carbocycles. The van der Waals surface area contributed by atoms with E-state index in [1.165, 1.54) is 5.56 Å². The molecular formula is C24H32O4. The van der Waals surface area contributed by atoms with Crippen LogP contribution in [0.4, 0.5) is 0 Å². The summed E-state index contributed by atoms with van der Waals surface area (Å²) in [6, 6.07) is 13.6. The van der Waals surface area contributed by atoms with Crippen LogP contribution in [0, 0.1) is 0 Å². The zero-order valence-corrected chi connectivity index (χ0v) is 17.3. The minimum absolute atomic E-state index is 0.232. The van der Waals surface area contributed by atoms with Crippen molar-refractivity contribution in [3.8, 4) is 17.2 Å². The van der Waals surface area contributed by atoms with Gasteiger partial charge in [-0.2, -0.15) is 0 Å². The predicted molar refractivity (Wildman–Crippen MR) is 112 cm³/mol. The Bertz CT molecular complexity index is 722. The summed E-state index contributed by atoms with van der Waals surface area (Å²) in [5.41, 5.74) is 2.29. The molecule has 4 nitrogen and oxygen atoms in total. The Labute approximate surface area is 168 Å². The summed E-state index contributed by atoms with van der Waals surface area (Å²) in [7, 11) is 0. The molecule has 4 heteroatoms. The number of carbonyl (C=O) groups is 1. The van der Waals surface area contributed by atoms with Crippen LogP contribution < -0.4 is 14.2 Å². The first kappa shape index (κ1) is 21.8. The maximum atomic E-state index is 12.2. The molecule has 152 valence electrons. The molecule has 28 heavy (non-hydrogen) atoms. The topological polar surface area (TPSA) is 44.8 Å². The Balaban J connectivity index is 1.89. The van der Waals surface area contributed by atoms with Crippen LogP contribution in [0.5, 0.6) is 17.2 Å². The van der Waals surface area contributed by atoms with Gasteiger partial charge in [0, 0.05) is 6.42 Å². The van der Waals surface area contributed by atoms with E-state index >= 15 is 0 Å². The fourth-order valence-electron chi connectivity index (χ4n) is 2.86. The van der Waals surface area contributed by atoms with Crippen molar-refractivity contribution in [3.63, 3.8) is 0 Å².